The first-order chi connectivity index (χ1) is 10.2. The van der Waals surface area contributed by atoms with E-state index in [-0.39, 0.29) is 17.8 Å². The molecule has 8 nitrogen and oxygen atoms in total. The molecule has 0 radical (unpaired) electrons. The molecule has 2 heterocycles. The average molecular weight is 290 g/mol. The molecule has 0 saturated carbocycles. The second-order valence-corrected chi connectivity index (χ2v) is 4.82. The summed E-state index contributed by atoms with van der Waals surface area (Å²) in [6.45, 7) is 0.732. The topological polar surface area (TPSA) is 103 Å². The molecule has 0 aliphatic carbocycles. The highest BCUT2D eigenvalue weighted by molar-refractivity contribution is 5.58. The monoisotopic (exact) mass is 290 g/mol. The lowest BCUT2D eigenvalue weighted by Crippen LogP contribution is -2.16. The minimum atomic E-state index is -0.452. The number of hydrogen-bond acceptors (Lipinski definition) is 7. The van der Waals surface area contributed by atoms with Gasteiger partial charge in [-0.15, -0.1) is 0 Å². The van der Waals surface area contributed by atoms with Crippen LogP contribution in [0.2, 0.25) is 0 Å². The molecule has 3 rings (SSSR count). The summed E-state index contributed by atoms with van der Waals surface area (Å²) in [7, 11) is 1.66. The Kier molecular flexibility index (Phi) is 3.63. The molecule has 8 heteroatoms. The minimum Gasteiger partial charge on any atom is -0.380 e. The number of nitro benzene ring substituents is 1. The van der Waals surface area contributed by atoms with Crippen molar-refractivity contribution in [1.29, 1.82) is 0 Å². The zero-order valence-corrected chi connectivity index (χ0v) is 11.4. The fraction of sp³-hybridized carbons (Fsp3) is 0.385. The van der Waals surface area contributed by atoms with Crippen molar-refractivity contribution in [2.45, 2.75) is 18.6 Å². The molecule has 1 aliphatic rings. The molecule has 1 aromatic carbocycles. The number of aromatic nitrogens is 2. The van der Waals surface area contributed by atoms with E-state index in [1.807, 2.05) is 0 Å². The SMILES string of the molecule is CO[C@@H]1CN[C@@H](c2nc(-c3cccc([N+](=O)[O-])c3)no2)C1. The number of nitro groups is 1. The van der Waals surface area contributed by atoms with Crippen molar-refractivity contribution in [3.05, 3.63) is 40.3 Å². The fourth-order valence-electron chi connectivity index (χ4n) is 2.32. The summed E-state index contributed by atoms with van der Waals surface area (Å²) in [5, 5.41) is 17.9. The summed E-state index contributed by atoms with van der Waals surface area (Å²) >= 11 is 0. The Hall–Kier alpha value is -2.32. The first-order valence-electron chi connectivity index (χ1n) is 6.52. The second kappa shape index (κ2) is 5.58. The largest absolute Gasteiger partial charge is 0.380 e. The Bertz CT molecular complexity index is 657. The van der Waals surface area contributed by atoms with Crippen LogP contribution in [0, 0.1) is 10.1 Å². The van der Waals surface area contributed by atoms with Crippen LogP contribution in [-0.2, 0) is 4.74 Å². The molecular formula is C13H14N4O4. The molecule has 1 saturated heterocycles. The van der Waals surface area contributed by atoms with Crippen molar-refractivity contribution in [2.75, 3.05) is 13.7 Å². The maximum Gasteiger partial charge on any atom is 0.270 e. The summed E-state index contributed by atoms with van der Waals surface area (Å²) in [5.74, 6) is 0.812. The Morgan fingerprint density at radius 1 is 1.52 bits per heavy atom. The molecule has 1 fully saturated rings. The zero-order valence-electron chi connectivity index (χ0n) is 11.4. The maximum absolute atomic E-state index is 10.8. The summed E-state index contributed by atoms with van der Waals surface area (Å²) in [4.78, 5) is 14.6. The Morgan fingerprint density at radius 3 is 3.10 bits per heavy atom. The second-order valence-electron chi connectivity index (χ2n) is 4.82. The quantitative estimate of drug-likeness (QED) is 0.675. The number of benzene rings is 1. The highest BCUT2D eigenvalue weighted by atomic mass is 16.6. The summed E-state index contributed by atoms with van der Waals surface area (Å²) in [6.07, 6.45) is 0.885. The van der Waals surface area contributed by atoms with Crippen LogP contribution < -0.4 is 5.32 Å². The van der Waals surface area contributed by atoms with Gasteiger partial charge in [0.2, 0.25) is 11.7 Å². The van der Waals surface area contributed by atoms with Crippen LogP contribution in [-0.4, -0.2) is 34.8 Å². The van der Waals surface area contributed by atoms with E-state index in [1.54, 1.807) is 19.2 Å². The van der Waals surface area contributed by atoms with Crippen molar-refractivity contribution in [3.8, 4) is 11.4 Å². The smallest absolute Gasteiger partial charge is 0.270 e. The predicted molar refractivity (Wildman–Crippen MR) is 72.5 cm³/mol. The van der Waals surface area contributed by atoms with Crippen LogP contribution in [0.5, 0.6) is 0 Å². The molecule has 1 N–H and O–H groups in total. The van der Waals surface area contributed by atoms with Gasteiger partial charge in [-0.05, 0) is 6.42 Å². The number of non-ortho nitro benzene ring substituents is 1. The first-order valence-corrected chi connectivity index (χ1v) is 6.52. The van der Waals surface area contributed by atoms with Crippen LogP contribution in [0.25, 0.3) is 11.4 Å². The van der Waals surface area contributed by atoms with E-state index >= 15 is 0 Å². The number of hydrogen-bond donors (Lipinski definition) is 1. The van der Waals surface area contributed by atoms with Gasteiger partial charge in [0.05, 0.1) is 17.1 Å². The first kappa shape index (κ1) is 13.7. The molecule has 1 aliphatic heterocycles. The molecule has 0 bridgehead atoms. The molecular weight excluding hydrogens is 276 g/mol. The molecule has 0 amide bonds. The number of methoxy groups -OCH3 is 1. The fourth-order valence-corrected chi connectivity index (χ4v) is 2.32. The molecule has 2 atom stereocenters. The third-order valence-electron chi connectivity index (χ3n) is 3.48. The lowest BCUT2D eigenvalue weighted by Gasteiger charge is -2.04. The Balaban J connectivity index is 1.82. The van der Waals surface area contributed by atoms with E-state index < -0.39 is 4.92 Å². The van der Waals surface area contributed by atoms with Crippen molar-refractivity contribution >= 4 is 5.69 Å². The number of ether oxygens (including phenoxy) is 1. The van der Waals surface area contributed by atoms with Crippen molar-refractivity contribution in [3.63, 3.8) is 0 Å². The maximum atomic E-state index is 10.8. The zero-order chi connectivity index (χ0) is 14.8. The number of nitrogens with zero attached hydrogens (tertiary/aromatic N) is 3. The molecule has 0 spiro atoms. The van der Waals surface area contributed by atoms with Crippen LogP contribution in [0.3, 0.4) is 0 Å². The average Bonchev–Trinajstić information content (AvgIpc) is 3.16. The van der Waals surface area contributed by atoms with Gasteiger partial charge >= 0.3 is 0 Å². The van der Waals surface area contributed by atoms with Crippen LogP contribution in [0.4, 0.5) is 5.69 Å². The number of rotatable bonds is 4. The van der Waals surface area contributed by atoms with E-state index in [0.29, 0.717) is 17.3 Å². The van der Waals surface area contributed by atoms with Gasteiger partial charge in [-0.1, -0.05) is 17.3 Å². The third kappa shape index (κ3) is 2.76. The predicted octanol–water partition coefficient (Wildman–Crippen LogP) is 1.69. The van der Waals surface area contributed by atoms with Gasteiger partial charge in [0.25, 0.3) is 5.69 Å². The van der Waals surface area contributed by atoms with Gasteiger partial charge in [0.15, 0.2) is 0 Å². The van der Waals surface area contributed by atoms with Gasteiger partial charge in [0, 0.05) is 31.4 Å². The summed E-state index contributed by atoms with van der Waals surface area (Å²) in [5.41, 5.74) is 0.553. The third-order valence-corrected chi connectivity index (χ3v) is 3.48. The van der Waals surface area contributed by atoms with E-state index in [4.69, 9.17) is 9.26 Å². The van der Waals surface area contributed by atoms with E-state index in [1.165, 1.54) is 12.1 Å². The van der Waals surface area contributed by atoms with Crippen LogP contribution >= 0.6 is 0 Å². The van der Waals surface area contributed by atoms with E-state index in [2.05, 4.69) is 15.5 Å². The van der Waals surface area contributed by atoms with Crippen LogP contribution in [0.1, 0.15) is 18.4 Å². The van der Waals surface area contributed by atoms with E-state index in [9.17, 15) is 10.1 Å². The highest BCUT2D eigenvalue weighted by Crippen LogP contribution is 2.26. The number of nitrogens with one attached hydrogen (secondary N) is 1. The van der Waals surface area contributed by atoms with Crippen molar-refractivity contribution < 1.29 is 14.2 Å². The Labute approximate surface area is 120 Å². The standard InChI is InChI=1S/C13H14N4O4/c1-20-10-6-11(14-7-10)13-15-12(16-21-13)8-3-2-4-9(5-8)17(18)19/h2-5,10-11,14H,6-7H2,1H3/t10-,11+/m0/s1. The molecule has 2 aromatic rings. The molecule has 21 heavy (non-hydrogen) atoms. The lowest BCUT2D eigenvalue weighted by molar-refractivity contribution is -0.384. The lowest BCUT2D eigenvalue weighted by atomic mass is 10.2. The van der Waals surface area contributed by atoms with Crippen molar-refractivity contribution in [1.82, 2.24) is 15.5 Å². The van der Waals surface area contributed by atoms with Gasteiger partial charge in [-0.25, -0.2) is 0 Å². The minimum absolute atomic E-state index is 0.00251. The summed E-state index contributed by atoms with van der Waals surface area (Å²) < 4.78 is 10.5. The molecule has 110 valence electrons. The van der Waals surface area contributed by atoms with Gasteiger partial charge < -0.3 is 14.6 Å². The van der Waals surface area contributed by atoms with Crippen molar-refractivity contribution in [2.24, 2.45) is 0 Å². The van der Waals surface area contributed by atoms with Crippen LogP contribution in [0.15, 0.2) is 28.8 Å². The Morgan fingerprint density at radius 2 is 2.38 bits per heavy atom. The summed E-state index contributed by atoms with van der Waals surface area (Å²) in [6, 6.07) is 6.11. The molecule has 0 unspecified atom stereocenters. The van der Waals surface area contributed by atoms with Gasteiger partial charge in [0.1, 0.15) is 0 Å². The van der Waals surface area contributed by atoms with E-state index in [0.717, 1.165) is 13.0 Å². The van der Waals surface area contributed by atoms with Gasteiger partial charge in [-0.2, -0.15) is 4.98 Å². The van der Waals surface area contributed by atoms with Gasteiger partial charge in [-0.3, -0.25) is 10.1 Å². The normalized spacial score (nSPS) is 21.6. The molecule has 1 aromatic heterocycles. The highest BCUT2D eigenvalue weighted by Gasteiger charge is 2.29.